The van der Waals surface area contributed by atoms with Gasteiger partial charge in [0.05, 0.1) is 32.0 Å². The van der Waals surface area contributed by atoms with E-state index in [0.29, 0.717) is 30.4 Å². The molecule has 140 valence electrons. The molecule has 0 fully saturated rings. The van der Waals surface area contributed by atoms with E-state index in [1.165, 1.54) is 22.6 Å². The molecule has 1 N–H and O–H groups in total. The first-order valence-corrected chi connectivity index (χ1v) is 8.75. The molecule has 1 amide bonds. The van der Waals surface area contributed by atoms with Gasteiger partial charge >= 0.3 is 5.91 Å². The summed E-state index contributed by atoms with van der Waals surface area (Å²) in [6.07, 6.45) is 0.831. The number of rotatable bonds is 4. The smallest absolute Gasteiger partial charge is 0.303 e. The molecule has 0 aromatic heterocycles. The minimum atomic E-state index is -0.646. The molecule has 2 aromatic rings. The van der Waals surface area contributed by atoms with Gasteiger partial charge in [-0.05, 0) is 35.9 Å². The predicted molar refractivity (Wildman–Crippen MR) is 95.9 cm³/mol. The average molecular weight is 371 g/mol. The number of ether oxygens (including phenoxy) is 2. The molecule has 4 rings (SSSR count). The number of amides is 1. The molecule has 0 bridgehead atoms. The van der Waals surface area contributed by atoms with Gasteiger partial charge in [-0.1, -0.05) is 0 Å². The van der Waals surface area contributed by atoms with Crippen LogP contribution in [0.25, 0.3) is 0 Å². The third-order valence-electron chi connectivity index (χ3n) is 5.21. The second-order valence-corrected chi connectivity index (χ2v) is 6.78. The first-order valence-electron chi connectivity index (χ1n) is 8.75. The Hall–Kier alpha value is -2.93. The van der Waals surface area contributed by atoms with Crippen LogP contribution in [0.2, 0.25) is 0 Å². The molecule has 2 aliphatic heterocycles. The van der Waals surface area contributed by atoms with E-state index in [1.807, 2.05) is 12.1 Å². The van der Waals surface area contributed by atoms with Gasteiger partial charge in [0, 0.05) is 12.0 Å². The largest absolute Gasteiger partial charge is 0.493 e. The van der Waals surface area contributed by atoms with Crippen molar-refractivity contribution in [1.29, 1.82) is 0 Å². The lowest BCUT2D eigenvalue weighted by Crippen LogP contribution is -3.13. The number of hydrogen-bond donors (Lipinski definition) is 1. The van der Waals surface area contributed by atoms with E-state index < -0.39 is 17.5 Å². The van der Waals surface area contributed by atoms with Crippen molar-refractivity contribution in [2.24, 2.45) is 0 Å². The molecule has 0 radical (unpaired) electrons. The van der Waals surface area contributed by atoms with Crippen molar-refractivity contribution in [3.05, 3.63) is 52.8 Å². The fourth-order valence-corrected chi connectivity index (χ4v) is 3.82. The monoisotopic (exact) mass is 371 g/mol. The van der Waals surface area contributed by atoms with E-state index in [-0.39, 0.29) is 5.56 Å². The molecule has 0 saturated carbocycles. The van der Waals surface area contributed by atoms with Gasteiger partial charge < -0.3 is 14.4 Å². The summed E-state index contributed by atoms with van der Waals surface area (Å²) in [4.78, 5) is 27.1. The summed E-state index contributed by atoms with van der Waals surface area (Å²) < 4.78 is 24.2. The van der Waals surface area contributed by atoms with Gasteiger partial charge in [-0.15, -0.1) is 0 Å². The van der Waals surface area contributed by atoms with Gasteiger partial charge in [0.2, 0.25) is 0 Å². The molecule has 0 spiro atoms. The van der Waals surface area contributed by atoms with Gasteiger partial charge in [0.15, 0.2) is 18.2 Å². The van der Waals surface area contributed by atoms with Gasteiger partial charge in [0.25, 0.3) is 5.78 Å². The lowest BCUT2D eigenvalue weighted by atomic mass is 9.99. The van der Waals surface area contributed by atoms with Crippen LogP contribution in [0.5, 0.6) is 11.5 Å². The Labute approximate surface area is 156 Å². The quantitative estimate of drug-likeness (QED) is 0.814. The van der Waals surface area contributed by atoms with Crippen LogP contribution < -0.4 is 19.3 Å². The molecule has 2 heterocycles. The first kappa shape index (κ1) is 17.5. The zero-order valence-corrected chi connectivity index (χ0v) is 15.2. The van der Waals surface area contributed by atoms with Crippen LogP contribution >= 0.6 is 0 Å². The predicted octanol–water partition coefficient (Wildman–Crippen LogP) is 0.971. The maximum Gasteiger partial charge on any atom is 0.303 e. The lowest BCUT2D eigenvalue weighted by molar-refractivity contribution is -0.914. The number of halogens is 1. The summed E-state index contributed by atoms with van der Waals surface area (Å²) in [7, 11) is 3.21. The van der Waals surface area contributed by atoms with E-state index >= 15 is 0 Å². The molecular formula is C20H20FN2O4+. The highest BCUT2D eigenvalue weighted by Gasteiger charge is 2.38. The van der Waals surface area contributed by atoms with E-state index in [2.05, 4.69) is 0 Å². The summed E-state index contributed by atoms with van der Waals surface area (Å²) >= 11 is 0. The van der Waals surface area contributed by atoms with Crippen molar-refractivity contribution >= 4 is 17.4 Å². The third-order valence-corrected chi connectivity index (χ3v) is 5.21. The zero-order chi connectivity index (χ0) is 19.1. The molecule has 1 atom stereocenters. The van der Waals surface area contributed by atoms with Crippen LogP contribution in [0.3, 0.4) is 0 Å². The topological polar surface area (TPSA) is 60.3 Å². The maximum atomic E-state index is 13.4. The van der Waals surface area contributed by atoms with E-state index in [9.17, 15) is 14.0 Å². The fraction of sp³-hybridized carbons (Fsp3) is 0.300. The van der Waals surface area contributed by atoms with Gasteiger partial charge in [-0.2, -0.15) is 0 Å². The Morgan fingerprint density at radius 3 is 2.48 bits per heavy atom. The summed E-state index contributed by atoms with van der Waals surface area (Å²) in [5.74, 6) is -0.382. The Balaban J connectivity index is 1.57. The fourth-order valence-electron chi connectivity index (χ4n) is 3.82. The van der Waals surface area contributed by atoms with Crippen molar-refractivity contribution in [3.63, 3.8) is 0 Å². The van der Waals surface area contributed by atoms with Crippen LogP contribution in [0.1, 0.15) is 21.5 Å². The number of Topliss-reactive ketones (excluding diaryl/α,β-unsaturated/α-hetero) is 1. The molecule has 2 aromatic carbocycles. The molecule has 7 heteroatoms. The average Bonchev–Trinajstić information content (AvgIpc) is 2.91. The Morgan fingerprint density at radius 2 is 1.78 bits per heavy atom. The number of hydrogen-bond acceptors (Lipinski definition) is 4. The van der Waals surface area contributed by atoms with Crippen LogP contribution in [0, 0.1) is 5.82 Å². The van der Waals surface area contributed by atoms with Crippen LogP contribution in [-0.2, 0) is 17.8 Å². The number of anilines is 1. The standard InChI is InChI=1S/C20H19FN2O4/c1-26-17-7-12-5-6-22(10-13(12)8-18(17)27-2)11-23-16-4-3-14(21)9-15(16)19(24)20(23)25/h3-4,7-9H,5-6,10-11H2,1-2H3/p+1. The van der Waals surface area contributed by atoms with Crippen molar-refractivity contribution in [1.82, 2.24) is 0 Å². The highest BCUT2D eigenvalue weighted by molar-refractivity contribution is 6.52. The molecule has 6 nitrogen and oxygen atoms in total. The molecule has 0 saturated heterocycles. The lowest BCUT2D eigenvalue weighted by Gasteiger charge is -2.29. The molecule has 27 heavy (non-hydrogen) atoms. The summed E-state index contributed by atoms with van der Waals surface area (Å²) in [6.45, 7) is 1.87. The van der Waals surface area contributed by atoms with Gasteiger partial charge in [0.1, 0.15) is 12.4 Å². The molecule has 1 unspecified atom stereocenters. The van der Waals surface area contributed by atoms with Gasteiger partial charge in [-0.3, -0.25) is 14.5 Å². The summed E-state index contributed by atoms with van der Waals surface area (Å²) in [6, 6.07) is 7.86. The number of quaternary nitrogens is 1. The number of fused-ring (bicyclic) bond motifs is 2. The van der Waals surface area contributed by atoms with Crippen molar-refractivity contribution in [2.45, 2.75) is 13.0 Å². The van der Waals surface area contributed by atoms with E-state index in [1.54, 1.807) is 14.2 Å². The van der Waals surface area contributed by atoms with Crippen LogP contribution in [0.15, 0.2) is 30.3 Å². The molecule has 2 aliphatic rings. The van der Waals surface area contributed by atoms with Crippen molar-refractivity contribution in [3.8, 4) is 11.5 Å². The minimum absolute atomic E-state index is 0.142. The number of methoxy groups -OCH3 is 2. The Kier molecular flexibility index (Phi) is 4.31. The number of carbonyl (C=O) groups excluding carboxylic acids is 2. The minimum Gasteiger partial charge on any atom is -0.493 e. The third kappa shape index (κ3) is 2.94. The Bertz CT molecular complexity index is 944. The zero-order valence-electron chi connectivity index (χ0n) is 15.2. The highest BCUT2D eigenvalue weighted by atomic mass is 19.1. The van der Waals surface area contributed by atoms with Crippen LogP contribution in [-0.4, -0.2) is 39.1 Å². The second-order valence-electron chi connectivity index (χ2n) is 6.78. The number of nitrogens with zero attached hydrogens (tertiary/aromatic N) is 1. The molecular weight excluding hydrogens is 351 g/mol. The Morgan fingerprint density at radius 1 is 1.07 bits per heavy atom. The summed E-state index contributed by atoms with van der Waals surface area (Å²) in [5.41, 5.74) is 2.95. The van der Waals surface area contributed by atoms with Gasteiger partial charge in [-0.25, -0.2) is 4.39 Å². The first-order chi connectivity index (χ1) is 13.0. The van der Waals surface area contributed by atoms with Crippen LogP contribution in [0.4, 0.5) is 10.1 Å². The molecule has 0 aliphatic carbocycles. The number of benzene rings is 2. The SMILES string of the molecule is COc1cc2c(cc1OC)C[NH+](CN1C(=O)C(=O)c3cc(F)ccc31)CC2. The van der Waals surface area contributed by atoms with E-state index in [4.69, 9.17) is 9.47 Å². The van der Waals surface area contributed by atoms with Crippen molar-refractivity contribution < 1.29 is 28.4 Å². The highest BCUT2D eigenvalue weighted by Crippen LogP contribution is 2.32. The van der Waals surface area contributed by atoms with Crippen molar-refractivity contribution in [2.75, 3.05) is 32.3 Å². The number of ketones is 1. The number of carbonyl (C=O) groups is 2. The normalized spacial score (nSPS) is 18.3. The maximum absolute atomic E-state index is 13.4. The van der Waals surface area contributed by atoms with E-state index in [0.717, 1.165) is 29.5 Å². The summed E-state index contributed by atoms with van der Waals surface area (Å²) in [5, 5.41) is 0. The number of nitrogens with one attached hydrogen (secondary N) is 1. The second kappa shape index (κ2) is 6.66.